The highest BCUT2D eigenvalue weighted by Crippen LogP contribution is 2.53. The smallest absolute Gasteiger partial charge is 0.135 e. The van der Waals surface area contributed by atoms with Crippen molar-refractivity contribution >= 4 is 71.7 Å². The van der Waals surface area contributed by atoms with E-state index in [9.17, 15) is 0 Å². The molecule has 11 rings (SSSR count). The summed E-state index contributed by atoms with van der Waals surface area (Å²) in [5.41, 5.74) is 12.0. The molecule has 1 nitrogen and oxygen atoms in total. The number of rotatable bonds is 3. The van der Waals surface area contributed by atoms with E-state index in [1.807, 2.05) is 11.3 Å². The summed E-state index contributed by atoms with van der Waals surface area (Å²) in [6, 6.07) is 40.8. The third kappa shape index (κ3) is 4.12. The van der Waals surface area contributed by atoms with Gasteiger partial charge in [-0.25, -0.2) is 0 Å². The van der Waals surface area contributed by atoms with Crippen LogP contribution in [0.2, 0.25) is 0 Å². The minimum absolute atomic E-state index is 0.0995. The standard InChI is InChI=1S/C48H34OS/c1-2-12-29(13-3-1)30-22-24-31(25-23-30)44-33-15-4-6-17-35(33)45(36-18-7-5-16-34(36)44)41-28-40-37(46-39-19-8-10-20-42(39)49-47(41)46)26-27-38-32-14-9-11-21-43(32)50-48(38)40/h1-2,4,6,8-12,14-28,46-47H,3,5,7,13H2. The van der Waals surface area contributed by atoms with Gasteiger partial charge in [0, 0.05) is 31.3 Å². The summed E-state index contributed by atoms with van der Waals surface area (Å²) in [5.74, 6) is 1.14. The topological polar surface area (TPSA) is 9.23 Å². The quantitative estimate of drug-likeness (QED) is 0.184. The Morgan fingerprint density at radius 2 is 1.32 bits per heavy atom. The van der Waals surface area contributed by atoms with Crippen LogP contribution in [0.25, 0.3) is 71.4 Å². The van der Waals surface area contributed by atoms with Crippen molar-refractivity contribution < 1.29 is 4.74 Å². The lowest BCUT2D eigenvalue weighted by Gasteiger charge is -2.31. The highest BCUT2D eigenvalue weighted by Gasteiger charge is 2.43. The number of thiophene rings is 1. The first-order valence-electron chi connectivity index (χ1n) is 17.9. The van der Waals surface area contributed by atoms with Crippen LogP contribution in [0.5, 0.6) is 5.75 Å². The molecule has 0 saturated carbocycles. The molecule has 0 spiro atoms. The molecule has 0 N–H and O–H groups in total. The van der Waals surface area contributed by atoms with Crippen LogP contribution in [0.3, 0.4) is 0 Å². The van der Waals surface area contributed by atoms with Crippen LogP contribution in [-0.4, -0.2) is 6.10 Å². The molecule has 1 aliphatic heterocycles. The highest BCUT2D eigenvalue weighted by molar-refractivity contribution is 7.26. The second kappa shape index (κ2) is 11.0. The first-order chi connectivity index (χ1) is 24.8. The van der Waals surface area contributed by atoms with Crippen LogP contribution in [0, 0.1) is 0 Å². The van der Waals surface area contributed by atoms with Crippen LogP contribution in [-0.2, 0) is 0 Å². The maximum Gasteiger partial charge on any atom is 0.135 e. The van der Waals surface area contributed by atoms with Gasteiger partial charge in [0.1, 0.15) is 11.9 Å². The highest BCUT2D eigenvalue weighted by atomic mass is 32.1. The minimum atomic E-state index is -0.0995. The van der Waals surface area contributed by atoms with Crippen LogP contribution in [0.1, 0.15) is 59.4 Å². The molecule has 7 aromatic rings. The van der Waals surface area contributed by atoms with Crippen molar-refractivity contribution in [3.63, 3.8) is 0 Å². The second-order valence-corrected chi connectivity index (χ2v) is 15.1. The van der Waals surface area contributed by atoms with Gasteiger partial charge in [-0.1, -0.05) is 127 Å². The Labute approximate surface area is 295 Å². The number of fused-ring (bicyclic) bond motifs is 11. The van der Waals surface area contributed by atoms with Crippen LogP contribution < -0.4 is 15.2 Å². The number of benzene rings is 6. The van der Waals surface area contributed by atoms with Gasteiger partial charge < -0.3 is 4.74 Å². The lowest BCUT2D eigenvalue weighted by atomic mass is 9.74. The summed E-state index contributed by atoms with van der Waals surface area (Å²) >= 11 is 1.93. The van der Waals surface area contributed by atoms with Crippen molar-refractivity contribution in [3.8, 4) is 16.9 Å². The molecule has 3 aliphatic carbocycles. The molecule has 6 aromatic carbocycles. The van der Waals surface area contributed by atoms with E-state index in [2.05, 4.69) is 146 Å². The molecule has 0 bridgehead atoms. The molecule has 2 atom stereocenters. The molecule has 238 valence electrons. The summed E-state index contributed by atoms with van der Waals surface area (Å²) in [6.45, 7) is 0. The average molecular weight is 659 g/mol. The van der Waals surface area contributed by atoms with Gasteiger partial charge in [-0.15, -0.1) is 11.3 Å². The molecule has 2 heteroatoms. The normalized spacial score (nSPS) is 18.7. The summed E-state index contributed by atoms with van der Waals surface area (Å²) in [5, 5.41) is 8.00. The molecule has 2 unspecified atom stereocenters. The zero-order chi connectivity index (χ0) is 32.8. The van der Waals surface area contributed by atoms with Crippen molar-refractivity contribution in [2.24, 2.45) is 0 Å². The molecule has 0 amide bonds. The van der Waals surface area contributed by atoms with Gasteiger partial charge >= 0.3 is 0 Å². The molecule has 1 aromatic heterocycles. The van der Waals surface area contributed by atoms with E-state index in [-0.39, 0.29) is 12.0 Å². The Hall–Kier alpha value is -5.44. The summed E-state index contributed by atoms with van der Waals surface area (Å²) in [7, 11) is 0. The van der Waals surface area contributed by atoms with Crippen molar-refractivity contribution in [2.45, 2.75) is 37.7 Å². The first kappa shape index (κ1) is 28.4. The van der Waals surface area contributed by atoms with Gasteiger partial charge in [-0.2, -0.15) is 0 Å². The van der Waals surface area contributed by atoms with Crippen LogP contribution in [0.4, 0.5) is 0 Å². The van der Waals surface area contributed by atoms with E-state index in [0.29, 0.717) is 0 Å². The predicted octanol–water partition coefficient (Wildman–Crippen LogP) is 11.4. The SMILES string of the molecule is C1=CCCC(c2ccc(-c3c4c(c(C5=Cc6c(ccc7c6sc6ccccc67)C6c7ccccc7OC56)c5ccccc35)=CCCC=4)cc2)=C1. The first-order valence-corrected chi connectivity index (χ1v) is 18.8. The van der Waals surface area contributed by atoms with Gasteiger partial charge in [-0.3, -0.25) is 0 Å². The molecule has 4 aliphatic rings. The zero-order valence-corrected chi connectivity index (χ0v) is 28.5. The number of hydrogen-bond donors (Lipinski definition) is 0. The summed E-state index contributed by atoms with van der Waals surface area (Å²) in [4.78, 5) is 0. The van der Waals surface area contributed by atoms with E-state index in [4.69, 9.17) is 4.74 Å². The molecular weight excluding hydrogens is 625 g/mol. The Bertz CT molecular complexity index is 2790. The Morgan fingerprint density at radius 3 is 2.14 bits per heavy atom. The predicted molar refractivity (Wildman–Crippen MR) is 213 cm³/mol. The Balaban J connectivity index is 1.19. The number of para-hydroxylation sites is 1. The van der Waals surface area contributed by atoms with E-state index in [1.54, 1.807) is 0 Å². The lowest BCUT2D eigenvalue weighted by Crippen LogP contribution is -2.36. The maximum atomic E-state index is 7.03. The van der Waals surface area contributed by atoms with Crippen molar-refractivity contribution in [1.82, 2.24) is 0 Å². The monoisotopic (exact) mass is 658 g/mol. The van der Waals surface area contributed by atoms with Crippen molar-refractivity contribution in [3.05, 3.63) is 166 Å². The molecule has 0 saturated heterocycles. The van der Waals surface area contributed by atoms with Gasteiger partial charge in [0.2, 0.25) is 0 Å². The number of allylic oxidation sites excluding steroid dienone is 4. The fraction of sp³-hybridized carbons (Fsp3) is 0.125. The average Bonchev–Trinajstić information content (AvgIpc) is 3.77. The molecular formula is C48H34OS. The zero-order valence-electron chi connectivity index (χ0n) is 27.7. The summed E-state index contributed by atoms with van der Waals surface area (Å²) in [6.07, 6.45) is 18.4. The van der Waals surface area contributed by atoms with Gasteiger partial charge in [0.05, 0.1) is 5.92 Å². The second-order valence-electron chi connectivity index (χ2n) is 14.0. The summed E-state index contributed by atoms with van der Waals surface area (Å²) < 4.78 is 9.75. The van der Waals surface area contributed by atoms with Gasteiger partial charge in [-0.05, 0) is 104 Å². The number of hydrogen-bond acceptors (Lipinski definition) is 2. The van der Waals surface area contributed by atoms with Gasteiger partial charge in [0.25, 0.3) is 0 Å². The molecule has 0 fully saturated rings. The van der Waals surface area contributed by atoms with Crippen molar-refractivity contribution in [1.29, 1.82) is 0 Å². The van der Waals surface area contributed by atoms with Gasteiger partial charge in [0.15, 0.2) is 0 Å². The molecule has 50 heavy (non-hydrogen) atoms. The number of ether oxygens (including phenoxy) is 1. The Kier molecular flexibility index (Phi) is 6.27. The van der Waals surface area contributed by atoms with Crippen LogP contribution in [0.15, 0.2) is 127 Å². The maximum absolute atomic E-state index is 7.03. The third-order valence-corrected chi connectivity index (χ3v) is 12.6. The minimum Gasteiger partial charge on any atom is -0.484 e. The molecule has 0 radical (unpaired) electrons. The lowest BCUT2D eigenvalue weighted by molar-refractivity contribution is 0.276. The van der Waals surface area contributed by atoms with E-state index in [0.717, 1.165) is 31.4 Å². The van der Waals surface area contributed by atoms with Crippen molar-refractivity contribution in [2.75, 3.05) is 0 Å². The third-order valence-electron chi connectivity index (χ3n) is 11.4. The fourth-order valence-corrected chi connectivity index (χ4v) is 10.4. The van der Waals surface area contributed by atoms with Crippen LogP contribution >= 0.6 is 11.3 Å². The fourth-order valence-electron chi connectivity index (χ4n) is 9.16. The Morgan fingerprint density at radius 1 is 0.600 bits per heavy atom. The van der Waals surface area contributed by atoms with E-state index >= 15 is 0 Å². The molecule has 2 heterocycles. The van der Waals surface area contributed by atoms with E-state index in [1.165, 1.54) is 91.5 Å². The van der Waals surface area contributed by atoms with E-state index < -0.39 is 0 Å². The largest absolute Gasteiger partial charge is 0.484 e.